The summed E-state index contributed by atoms with van der Waals surface area (Å²) in [5.74, 6) is -0.325. The van der Waals surface area contributed by atoms with Crippen LogP contribution in [0.2, 0.25) is 0 Å². The largest absolute Gasteiger partial charge is 0.495 e. The molecule has 0 spiro atoms. The van der Waals surface area contributed by atoms with Crippen molar-refractivity contribution in [3.05, 3.63) is 64.3 Å². The molecule has 0 saturated heterocycles. The van der Waals surface area contributed by atoms with Crippen molar-refractivity contribution in [1.29, 1.82) is 0 Å². The maximum atomic E-state index is 13.7. The molecule has 0 bridgehead atoms. The molecule has 0 atom stereocenters. The zero-order valence-electron chi connectivity index (χ0n) is 18.1. The smallest absolute Gasteiger partial charge is 0.421 e. The molecule has 0 saturated carbocycles. The van der Waals surface area contributed by atoms with Gasteiger partial charge in [0.15, 0.2) is 0 Å². The van der Waals surface area contributed by atoms with Crippen LogP contribution in [0.1, 0.15) is 32.6 Å². The number of nitrogens with one attached hydrogen (secondary N) is 4. The van der Waals surface area contributed by atoms with Crippen molar-refractivity contribution in [2.45, 2.75) is 25.7 Å². The molecule has 1 amide bonds. The van der Waals surface area contributed by atoms with E-state index in [1.165, 1.54) is 7.11 Å². The predicted octanol–water partition coefficient (Wildman–Crippen LogP) is 3.88. The monoisotopic (exact) mass is 470 g/mol. The number of anilines is 4. The second-order valence-electron chi connectivity index (χ2n) is 7.97. The zero-order valence-corrected chi connectivity index (χ0v) is 18.1. The average Bonchev–Trinajstić information content (AvgIpc) is 3.20. The number of nitrogens with zero attached hydrogens (tertiary/aromatic N) is 2. The third kappa shape index (κ3) is 4.10. The normalized spacial score (nSPS) is 14.8. The summed E-state index contributed by atoms with van der Waals surface area (Å²) in [7, 11) is 1.52. The number of carbonyl (C=O) groups is 1. The Morgan fingerprint density at radius 3 is 2.71 bits per heavy atom. The first-order valence-corrected chi connectivity index (χ1v) is 10.6. The maximum Gasteiger partial charge on any atom is 0.421 e. The highest BCUT2D eigenvalue weighted by molar-refractivity contribution is 6.04. The number of benzene rings is 2. The van der Waals surface area contributed by atoms with E-state index < -0.39 is 17.6 Å². The lowest BCUT2D eigenvalue weighted by Gasteiger charge is -2.21. The number of ether oxygens (including phenoxy) is 1. The van der Waals surface area contributed by atoms with E-state index >= 15 is 0 Å². The molecule has 2 aliphatic heterocycles. The van der Waals surface area contributed by atoms with Crippen LogP contribution in [0.5, 0.6) is 5.75 Å². The molecule has 8 nitrogen and oxygen atoms in total. The Balaban J connectivity index is 1.52. The number of carbonyl (C=O) groups excluding carboxylic acids is 1. The fourth-order valence-electron chi connectivity index (χ4n) is 4.15. The van der Waals surface area contributed by atoms with E-state index in [1.54, 1.807) is 18.2 Å². The van der Waals surface area contributed by atoms with Gasteiger partial charge in [-0.1, -0.05) is 12.1 Å². The lowest BCUT2D eigenvalue weighted by atomic mass is 10.00. The van der Waals surface area contributed by atoms with Crippen LogP contribution < -0.4 is 26.0 Å². The van der Waals surface area contributed by atoms with Gasteiger partial charge in [0, 0.05) is 19.3 Å². The lowest BCUT2D eigenvalue weighted by Crippen LogP contribution is -2.23. The molecule has 176 valence electrons. The molecule has 2 aliphatic rings. The van der Waals surface area contributed by atoms with Crippen LogP contribution in [-0.2, 0) is 25.7 Å². The quantitative estimate of drug-likeness (QED) is 0.449. The summed E-state index contributed by atoms with van der Waals surface area (Å²) in [6, 6.07) is 8.74. The summed E-state index contributed by atoms with van der Waals surface area (Å²) in [4.78, 5) is 20.2. The summed E-state index contributed by atoms with van der Waals surface area (Å²) in [6.45, 7) is 1.86. The first-order chi connectivity index (χ1) is 16.3. The summed E-state index contributed by atoms with van der Waals surface area (Å²) in [5, 5.41) is 11.6. The van der Waals surface area contributed by atoms with Crippen molar-refractivity contribution in [2.24, 2.45) is 0 Å². The molecular weight excluding hydrogens is 449 g/mol. The van der Waals surface area contributed by atoms with Crippen molar-refractivity contribution < 1.29 is 22.7 Å². The van der Waals surface area contributed by atoms with E-state index in [4.69, 9.17) is 4.74 Å². The van der Waals surface area contributed by atoms with E-state index in [9.17, 15) is 18.0 Å². The van der Waals surface area contributed by atoms with Gasteiger partial charge in [-0.25, -0.2) is 4.98 Å². The number of alkyl halides is 3. The van der Waals surface area contributed by atoms with E-state index in [-0.39, 0.29) is 17.5 Å². The Morgan fingerprint density at radius 1 is 1.06 bits per heavy atom. The molecule has 0 unspecified atom stereocenters. The van der Waals surface area contributed by atoms with E-state index in [2.05, 4.69) is 31.2 Å². The molecular formula is C23H21F3N6O2. The van der Waals surface area contributed by atoms with E-state index in [0.717, 1.165) is 24.1 Å². The second kappa shape index (κ2) is 8.49. The van der Waals surface area contributed by atoms with Gasteiger partial charge in [-0.2, -0.15) is 18.2 Å². The molecule has 4 N–H and O–H groups in total. The number of amides is 1. The van der Waals surface area contributed by atoms with Crippen LogP contribution in [0.15, 0.2) is 36.5 Å². The minimum Gasteiger partial charge on any atom is -0.495 e. The molecule has 0 radical (unpaired) electrons. The minimum atomic E-state index is -4.70. The summed E-state index contributed by atoms with van der Waals surface area (Å²) < 4.78 is 46.6. The van der Waals surface area contributed by atoms with Gasteiger partial charge in [-0.05, 0) is 47.9 Å². The number of hydrogen-bond donors (Lipinski definition) is 4. The highest BCUT2D eigenvalue weighted by Gasteiger charge is 2.36. The Morgan fingerprint density at radius 2 is 1.91 bits per heavy atom. The fourth-order valence-corrected chi connectivity index (χ4v) is 4.15. The lowest BCUT2D eigenvalue weighted by molar-refractivity contribution is -0.137. The number of halogens is 3. The SMILES string of the molecule is COc1cc2c(cc1Nc1ncc(C(F)(F)F)c(Nc3cccc4c3C(=O)NC4)n1)CNCC2. The van der Waals surface area contributed by atoms with Crippen LogP contribution in [0.4, 0.5) is 36.3 Å². The Bertz CT molecular complexity index is 1280. The summed E-state index contributed by atoms with van der Waals surface area (Å²) in [5.41, 5.74) is 2.93. The predicted molar refractivity (Wildman–Crippen MR) is 120 cm³/mol. The molecule has 11 heteroatoms. The highest BCUT2D eigenvalue weighted by Crippen LogP contribution is 2.37. The molecule has 34 heavy (non-hydrogen) atoms. The molecule has 2 aromatic carbocycles. The van der Waals surface area contributed by atoms with Crippen LogP contribution in [0, 0.1) is 0 Å². The Labute approximate surface area is 192 Å². The van der Waals surface area contributed by atoms with Crippen molar-refractivity contribution in [2.75, 3.05) is 24.3 Å². The van der Waals surface area contributed by atoms with Gasteiger partial charge < -0.3 is 26.0 Å². The van der Waals surface area contributed by atoms with Crippen LogP contribution in [-0.4, -0.2) is 29.5 Å². The van der Waals surface area contributed by atoms with Gasteiger partial charge in [0.2, 0.25) is 5.95 Å². The van der Waals surface area contributed by atoms with Gasteiger partial charge in [-0.15, -0.1) is 0 Å². The van der Waals surface area contributed by atoms with Gasteiger partial charge >= 0.3 is 6.18 Å². The minimum absolute atomic E-state index is 0.0467. The van der Waals surface area contributed by atoms with E-state index in [0.29, 0.717) is 41.9 Å². The Hall–Kier alpha value is -3.86. The standard InChI is InChI=1S/C23H21F3N6O2/c1-34-18-8-12-5-6-27-9-14(12)7-17(18)31-22-29-11-15(23(24,25)26)20(32-22)30-16-4-2-3-13-10-28-21(33)19(13)16/h2-4,7-8,11,27H,5-6,9-10H2,1H3,(H,28,33)(H2,29,30,31,32). The summed E-state index contributed by atoms with van der Waals surface area (Å²) in [6.07, 6.45) is -3.13. The first kappa shape index (κ1) is 22.0. The maximum absolute atomic E-state index is 13.7. The Kier molecular flexibility index (Phi) is 5.48. The van der Waals surface area contributed by atoms with Crippen molar-refractivity contribution in [1.82, 2.24) is 20.6 Å². The van der Waals surface area contributed by atoms with E-state index in [1.807, 2.05) is 12.1 Å². The second-order valence-corrected chi connectivity index (χ2v) is 7.97. The number of aromatic nitrogens is 2. The number of methoxy groups -OCH3 is 1. The third-order valence-electron chi connectivity index (χ3n) is 5.82. The zero-order chi connectivity index (χ0) is 23.9. The molecule has 0 aliphatic carbocycles. The topological polar surface area (TPSA) is 100 Å². The fraction of sp³-hybridized carbons (Fsp3) is 0.261. The van der Waals surface area contributed by atoms with Crippen LogP contribution >= 0.6 is 0 Å². The third-order valence-corrected chi connectivity index (χ3v) is 5.82. The first-order valence-electron chi connectivity index (χ1n) is 10.6. The van der Waals surface area contributed by atoms with Crippen molar-refractivity contribution in [3.8, 4) is 5.75 Å². The highest BCUT2D eigenvalue weighted by atomic mass is 19.4. The number of fused-ring (bicyclic) bond motifs is 2. The average molecular weight is 470 g/mol. The van der Waals surface area contributed by atoms with Crippen LogP contribution in [0.3, 0.4) is 0 Å². The van der Waals surface area contributed by atoms with Crippen LogP contribution in [0.25, 0.3) is 0 Å². The number of rotatable bonds is 5. The molecule has 5 rings (SSSR count). The molecule has 1 aromatic heterocycles. The van der Waals surface area contributed by atoms with Gasteiger partial charge in [-0.3, -0.25) is 4.79 Å². The molecule has 0 fully saturated rings. The van der Waals surface area contributed by atoms with Crippen molar-refractivity contribution >= 4 is 29.0 Å². The van der Waals surface area contributed by atoms with Crippen molar-refractivity contribution in [3.63, 3.8) is 0 Å². The summed E-state index contributed by atoms with van der Waals surface area (Å²) >= 11 is 0. The number of hydrogen-bond acceptors (Lipinski definition) is 7. The molecule has 3 aromatic rings. The van der Waals surface area contributed by atoms with Gasteiger partial charge in [0.05, 0.1) is 24.0 Å². The van der Waals surface area contributed by atoms with Gasteiger partial charge in [0.25, 0.3) is 5.91 Å². The van der Waals surface area contributed by atoms with Gasteiger partial charge in [0.1, 0.15) is 17.1 Å². The molecule has 3 heterocycles.